The summed E-state index contributed by atoms with van der Waals surface area (Å²) in [4.78, 5) is 21.3. The fourth-order valence-corrected chi connectivity index (χ4v) is 2.73. The number of hydrogen-bond acceptors (Lipinski definition) is 4. The van der Waals surface area contributed by atoms with Crippen LogP contribution in [0.1, 0.15) is 17.3 Å². The summed E-state index contributed by atoms with van der Waals surface area (Å²) in [6, 6.07) is 13.1. The van der Waals surface area contributed by atoms with Gasteiger partial charge in [0, 0.05) is 31.7 Å². The number of benzene rings is 1. The first-order chi connectivity index (χ1) is 11.3. The van der Waals surface area contributed by atoms with Crippen LogP contribution in [0.15, 0.2) is 48.7 Å². The van der Waals surface area contributed by atoms with Crippen LogP contribution < -0.4 is 10.2 Å². The van der Waals surface area contributed by atoms with Gasteiger partial charge in [0.2, 0.25) is 0 Å². The van der Waals surface area contributed by atoms with Crippen LogP contribution >= 0.6 is 0 Å². The van der Waals surface area contributed by atoms with E-state index < -0.39 is 0 Å². The maximum Gasteiger partial charge on any atom is 0.255 e. The summed E-state index contributed by atoms with van der Waals surface area (Å²) in [6.45, 7) is 7.44. The van der Waals surface area contributed by atoms with E-state index in [9.17, 15) is 4.79 Å². The van der Waals surface area contributed by atoms with E-state index in [0.29, 0.717) is 5.56 Å². The van der Waals surface area contributed by atoms with Crippen LogP contribution in [0, 0.1) is 0 Å². The van der Waals surface area contributed by atoms with Crippen LogP contribution in [0.3, 0.4) is 0 Å². The second-order valence-electron chi connectivity index (χ2n) is 5.65. The summed E-state index contributed by atoms with van der Waals surface area (Å²) in [5.74, 6) is 0.857. The van der Waals surface area contributed by atoms with Crippen molar-refractivity contribution < 1.29 is 4.79 Å². The number of aromatic nitrogens is 1. The molecule has 1 aliphatic rings. The lowest BCUT2D eigenvalue weighted by atomic mass is 10.2. The van der Waals surface area contributed by atoms with Crippen molar-refractivity contribution in [3.63, 3.8) is 0 Å². The van der Waals surface area contributed by atoms with Gasteiger partial charge < -0.3 is 15.1 Å². The van der Waals surface area contributed by atoms with Crippen molar-refractivity contribution in [2.75, 3.05) is 42.9 Å². The van der Waals surface area contributed by atoms with Crippen molar-refractivity contribution in [1.29, 1.82) is 0 Å². The number of hydrogen-bond donors (Lipinski definition) is 1. The molecule has 0 radical (unpaired) electrons. The highest BCUT2D eigenvalue weighted by Gasteiger charge is 2.16. The SMILES string of the molecule is CCN1CCN(c2ccc(NC(=O)c3ccccc3)cn2)CC1. The third-order valence-corrected chi connectivity index (χ3v) is 4.19. The summed E-state index contributed by atoms with van der Waals surface area (Å²) in [5, 5.41) is 2.88. The highest BCUT2D eigenvalue weighted by molar-refractivity contribution is 6.04. The van der Waals surface area contributed by atoms with Crippen molar-refractivity contribution >= 4 is 17.4 Å². The van der Waals surface area contributed by atoms with E-state index in [1.807, 2.05) is 30.3 Å². The van der Waals surface area contributed by atoms with Crippen LogP contribution in [0.25, 0.3) is 0 Å². The van der Waals surface area contributed by atoms with Gasteiger partial charge in [-0.3, -0.25) is 4.79 Å². The van der Waals surface area contributed by atoms with E-state index in [-0.39, 0.29) is 5.91 Å². The second kappa shape index (κ2) is 7.24. The standard InChI is InChI=1S/C18H22N4O/c1-2-21-10-12-22(13-11-21)17-9-8-16(14-19-17)20-18(23)15-6-4-3-5-7-15/h3-9,14H,2,10-13H2,1H3,(H,20,23). The molecule has 1 aliphatic heterocycles. The molecule has 1 aromatic carbocycles. The molecule has 0 atom stereocenters. The number of piperazine rings is 1. The Morgan fingerprint density at radius 1 is 1.09 bits per heavy atom. The van der Waals surface area contributed by atoms with Gasteiger partial charge in [0.25, 0.3) is 5.91 Å². The van der Waals surface area contributed by atoms with Crippen molar-refractivity contribution in [3.8, 4) is 0 Å². The number of likely N-dealkylation sites (N-methyl/N-ethyl adjacent to an activating group) is 1. The quantitative estimate of drug-likeness (QED) is 0.942. The molecule has 0 saturated carbocycles. The van der Waals surface area contributed by atoms with Crippen LogP contribution in [-0.2, 0) is 0 Å². The maximum atomic E-state index is 12.1. The summed E-state index contributed by atoms with van der Waals surface area (Å²) >= 11 is 0. The summed E-state index contributed by atoms with van der Waals surface area (Å²) in [6.07, 6.45) is 1.72. The van der Waals surface area contributed by atoms with Gasteiger partial charge in [-0.15, -0.1) is 0 Å². The molecule has 5 heteroatoms. The zero-order chi connectivity index (χ0) is 16.1. The molecule has 0 unspecified atom stereocenters. The number of anilines is 2. The van der Waals surface area contributed by atoms with E-state index in [1.54, 1.807) is 18.3 Å². The first kappa shape index (κ1) is 15.5. The zero-order valence-electron chi connectivity index (χ0n) is 13.4. The molecule has 1 amide bonds. The Kier molecular flexibility index (Phi) is 4.88. The average molecular weight is 310 g/mol. The Morgan fingerprint density at radius 2 is 1.83 bits per heavy atom. The van der Waals surface area contributed by atoms with E-state index in [4.69, 9.17) is 0 Å². The number of carbonyl (C=O) groups excluding carboxylic acids is 1. The molecule has 2 aromatic rings. The molecular formula is C18H22N4O. The van der Waals surface area contributed by atoms with Gasteiger partial charge >= 0.3 is 0 Å². The third kappa shape index (κ3) is 3.87. The first-order valence-corrected chi connectivity index (χ1v) is 8.06. The van der Waals surface area contributed by atoms with E-state index >= 15 is 0 Å². The van der Waals surface area contributed by atoms with Crippen LogP contribution in [0.5, 0.6) is 0 Å². The molecule has 1 saturated heterocycles. The van der Waals surface area contributed by atoms with Gasteiger partial charge in [0.15, 0.2) is 0 Å². The molecule has 23 heavy (non-hydrogen) atoms. The lowest BCUT2D eigenvalue weighted by Crippen LogP contribution is -2.46. The molecule has 120 valence electrons. The van der Waals surface area contributed by atoms with E-state index in [1.165, 1.54) is 0 Å². The number of pyridine rings is 1. The molecule has 3 rings (SSSR count). The third-order valence-electron chi connectivity index (χ3n) is 4.19. The highest BCUT2D eigenvalue weighted by Crippen LogP contribution is 2.16. The molecule has 0 bridgehead atoms. The molecule has 1 N–H and O–H groups in total. The fourth-order valence-electron chi connectivity index (χ4n) is 2.73. The molecule has 0 spiro atoms. The van der Waals surface area contributed by atoms with Gasteiger partial charge in [-0.25, -0.2) is 4.98 Å². The molecular weight excluding hydrogens is 288 g/mol. The fraction of sp³-hybridized carbons (Fsp3) is 0.333. The lowest BCUT2D eigenvalue weighted by molar-refractivity contribution is 0.102. The Labute approximate surface area is 136 Å². The number of nitrogens with zero attached hydrogens (tertiary/aromatic N) is 3. The molecule has 2 heterocycles. The Bertz CT molecular complexity index is 634. The monoisotopic (exact) mass is 310 g/mol. The second-order valence-corrected chi connectivity index (χ2v) is 5.65. The van der Waals surface area contributed by atoms with E-state index in [0.717, 1.165) is 44.2 Å². The molecule has 1 fully saturated rings. The largest absolute Gasteiger partial charge is 0.354 e. The molecule has 0 aliphatic carbocycles. The van der Waals surface area contributed by atoms with Crippen molar-refractivity contribution in [2.45, 2.75) is 6.92 Å². The minimum atomic E-state index is -0.114. The minimum Gasteiger partial charge on any atom is -0.354 e. The lowest BCUT2D eigenvalue weighted by Gasteiger charge is -2.34. The maximum absolute atomic E-state index is 12.1. The number of amides is 1. The Balaban J connectivity index is 1.60. The van der Waals surface area contributed by atoms with Crippen LogP contribution in [-0.4, -0.2) is 48.5 Å². The molecule has 5 nitrogen and oxygen atoms in total. The minimum absolute atomic E-state index is 0.114. The van der Waals surface area contributed by atoms with Crippen LogP contribution in [0.4, 0.5) is 11.5 Å². The van der Waals surface area contributed by atoms with Crippen molar-refractivity contribution in [1.82, 2.24) is 9.88 Å². The summed E-state index contributed by atoms with van der Waals surface area (Å²) in [7, 11) is 0. The zero-order valence-corrected chi connectivity index (χ0v) is 13.4. The average Bonchev–Trinajstić information content (AvgIpc) is 2.63. The van der Waals surface area contributed by atoms with Gasteiger partial charge in [-0.1, -0.05) is 25.1 Å². The predicted molar refractivity (Wildman–Crippen MR) is 93.0 cm³/mol. The number of carbonyl (C=O) groups is 1. The van der Waals surface area contributed by atoms with Crippen molar-refractivity contribution in [3.05, 3.63) is 54.2 Å². The molecule has 1 aromatic heterocycles. The smallest absolute Gasteiger partial charge is 0.255 e. The van der Waals surface area contributed by atoms with Crippen molar-refractivity contribution in [2.24, 2.45) is 0 Å². The predicted octanol–water partition coefficient (Wildman–Crippen LogP) is 2.48. The number of rotatable bonds is 4. The van der Waals surface area contributed by atoms with E-state index in [2.05, 4.69) is 27.0 Å². The highest BCUT2D eigenvalue weighted by atomic mass is 16.1. The summed E-state index contributed by atoms with van der Waals surface area (Å²) in [5.41, 5.74) is 1.36. The van der Waals surface area contributed by atoms with Crippen LogP contribution in [0.2, 0.25) is 0 Å². The topological polar surface area (TPSA) is 48.5 Å². The Hall–Kier alpha value is -2.40. The number of nitrogens with one attached hydrogen (secondary N) is 1. The van der Waals surface area contributed by atoms with Gasteiger partial charge in [0.05, 0.1) is 11.9 Å². The Morgan fingerprint density at radius 3 is 2.43 bits per heavy atom. The van der Waals surface area contributed by atoms with Gasteiger partial charge in [-0.05, 0) is 30.8 Å². The summed E-state index contributed by atoms with van der Waals surface area (Å²) < 4.78 is 0. The van der Waals surface area contributed by atoms with Gasteiger partial charge in [-0.2, -0.15) is 0 Å². The van der Waals surface area contributed by atoms with Gasteiger partial charge in [0.1, 0.15) is 5.82 Å². The first-order valence-electron chi connectivity index (χ1n) is 8.06. The normalized spacial score (nSPS) is 15.4.